The lowest BCUT2D eigenvalue weighted by atomic mass is 10.0. The summed E-state index contributed by atoms with van der Waals surface area (Å²) in [4.78, 5) is 16.5. The monoisotopic (exact) mass is 465 g/mol. The number of para-hydroxylation sites is 2. The van der Waals surface area contributed by atoms with Gasteiger partial charge >= 0.3 is 7.60 Å². The Kier molecular flexibility index (Phi) is 8.28. The number of guanidine groups is 1. The summed E-state index contributed by atoms with van der Waals surface area (Å²) in [6, 6.07) is 24.9. The summed E-state index contributed by atoms with van der Waals surface area (Å²) in [5.74, 6) is 0.763. The highest BCUT2D eigenvalue weighted by molar-refractivity contribution is 7.55. The molecule has 0 heterocycles. The minimum absolute atomic E-state index is 0.0225. The highest BCUT2D eigenvalue weighted by Crippen LogP contribution is 2.55. The molecule has 0 fully saturated rings. The second kappa shape index (κ2) is 11.3. The van der Waals surface area contributed by atoms with Crippen LogP contribution in [0.5, 0.6) is 11.5 Å². The van der Waals surface area contributed by atoms with E-state index in [1.165, 1.54) is 0 Å². The number of hydrogen-bond donors (Lipinski definition) is 2. The number of aliphatic imine (C=N–C) groups is 1. The topological polar surface area (TPSA) is 117 Å². The van der Waals surface area contributed by atoms with E-state index in [-0.39, 0.29) is 18.2 Å². The number of rotatable bonds is 11. The molecule has 3 aromatic rings. The van der Waals surface area contributed by atoms with Crippen LogP contribution in [0.15, 0.2) is 89.9 Å². The zero-order valence-electron chi connectivity index (χ0n) is 18.5. The predicted octanol–water partition coefficient (Wildman–Crippen LogP) is 5.22. The number of Topliss-reactive ketones (excluding diaryl/α,β-unsaturated/α-hetero) is 1. The zero-order valence-corrected chi connectivity index (χ0v) is 19.4. The van der Waals surface area contributed by atoms with E-state index < -0.39 is 13.3 Å². The van der Waals surface area contributed by atoms with Gasteiger partial charge in [0.15, 0.2) is 5.96 Å². The summed E-state index contributed by atoms with van der Waals surface area (Å²) in [7, 11) is -3.83. The van der Waals surface area contributed by atoms with Crippen molar-refractivity contribution in [3.8, 4) is 11.5 Å². The number of carbonyl (C=O) groups is 1. The molecule has 1 atom stereocenters. The molecule has 0 aromatic heterocycles. The van der Waals surface area contributed by atoms with Crippen LogP contribution in [0.2, 0.25) is 0 Å². The smallest absolute Gasteiger partial charge is 0.416 e. The van der Waals surface area contributed by atoms with Crippen molar-refractivity contribution in [2.45, 2.75) is 31.8 Å². The molecular weight excluding hydrogens is 437 g/mol. The van der Waals surface area contributed by atoms with Crippen molar-refractivity contribution in [2.75, 3.05) is 0 Å². The molecule has 0 saturated carbocycles. The molecule has 0 bridgehead atoms. The fourth-order valence-corrected chi connectivity index (χ4v) is 5.28. The van der Waals surface area contributed by atoms with Crippen molar-refractivity contribution >= 4 is 25.0 Å². The molecular formula is C25H28N3O4P. The van der Waals surface area contributed by atoms with E-state index in [1.54, 1.807) is 67.6 Å². The van der Waals surface area contributed by atoms with Crippen LogP contribution in [0.3, 0.4) is 0 Å². The number of hydrogen-bond acceptors (Lipinski definition) is 5. The first-order chi connectivity index (χ1) is 15.9. The van der Waals surface area contributed by atoms with Crippen molar-refractivity contribution in [3.63, 3.8) is 0 Å². The Hall–Kier alpha value is -3.57. The normalized spacial score (nSPS) is 11.9. The van der Waals surface area contributed by atoms with Crippen LogP contribution in [0.25, 0.3) is 0 Å². The van der Waals surface area contributed by atoms with Gasteiger partial charge in [-0.2, -0.15) is 0 Å². The Morgan fingerprint density at radius 1 is 0.879 bits per heavy atom. The summed E-state index contributed by atoms with van der Waals surface area (Å²) in [6.45, 7) is 1.78. The lowest BCUT2D eigenvalue weighted by Crippen LogP contribution is -2.23. The lowest BCUT2D eigenvalue weighted by Gasteiger charge is -2.27. The number of nitrogens with zero attached hydrogens (tertiary/aromatic N) is 1. The Bertz CT molecular complexity index is 1070. The SMILES string of the molecule is CCC(=O)CC(Cc1ccc(N=C(N)N)cc1)P(=O)(Oc1ccccc1)Oc1ccccc1. The van der Waals surface area contributed by atoms with Gasteiger partial charge in [-0.1, -0.05) is 55.5 Å². The molecule has 3 rings (SSSR count). The van der Waals surface area contributed by atoms with Crippen LogP contribution in [0, 0.1) is 0 Å². The van der Waals surface area contributed by atoms with Gasteiger partial charge in [-0.15, -0.1) is 0 Å². The van der Waals surface area contributed by atoms with Gasteiger partial charge < -0.3 is 20.5 Å². The van der Waals surface area contributed by atoms with Gasteiger partial charge in [0.25, 0.3) is 0 Å². The largest absolute Gasteiger partial charge is 0.434 e. The van der Waals surface area contributed by atoms with Crippen molar-refractivity contribution < 1.29 is 18.4 Å². The number of ketones is 1. The Morgan fingerprint density at radius 3 is 1.85 bits per heavy atom. The second-order valence-corrected chi connectivity index (χ2v) is 9.68. The van der Waals surface area contributed by atoms with Gasteiger partial charge in [-0.05, 0) is 48.4 Å². The van der Waals surface area contributed by atoms with Gasteiger partial charge in [0.05, 0.1) is 11.3 Å². The van der Waals surface area contributed by atoms with Gasteiger partial charge in [0.1, 0.15) is 17.3 Å². The van der Waals surface area contributed by atoms with Crippen molar-refractivity contribution in [3.05, 3.63) is 90.5 Å². The third kappa shape index (κ3) is 7.22. The zero-order chi connectivity index (χ0) is 23.7. The highest BCUT2D eigenvalue weighted by Gasteiger charge is 2.40. The molecule has 0 amide bonds. The number of nitrogens with two attached hydrogens (primary N) is 2. The Balaban J connectivity index is 1.96. The summed E-state index contributed by atoms with van der Waals surface area (Å²) < 4.78 is 26.2. The molecule has 0 aliphatic heterocycles. The van der Waals surface area contributed by atoms with Crippen molar-refractivity contribution in [1.29, 1.82) is 0 Å². The second-order valence-electron chi connectivity index (χ2n) is 7.51. The standard InChI is InChI=1S/C25H28N3O4P/c1-2-21(29)18-24(17-19-13-15-20(16-14-19)28-25(26)27)33(30,31-22-9-5-3-6-10-22)32-23-11-7-4-8-12-23/h3-16,24H,2,17-18H2,1H3,(H4,26,27,28). The fourth-order valence-electron chi connectivity index (χ4n) is 3.25. The van der Waals surface area contributed by atoms with Crippen LogP contribution < -0.4 is 20.5 Å². The predicted molar refractivity (Wildman–Crippen MR) is 131 cm³/mol. The molecule has 3 aromatic carbocycles. The lowest BCUT2D eigenvalue weighted by molar-refractivity contribution is -0.118. The average molecular weight is 465 g/mol. The molecule has 0 spiro atoms. The van der Waals surface area contributed by atoms with E-state index in [4.69, 9.17) is 20.5 Å². The van der Waals surface area contributed by atoms with E-state index in [2.05, 4.69) is 4.99 Å². The molecule has 33 heavy (non-hydrogen) atoms. The first-order valence-corrected chi connectivity index (χ1v) is 12.3. The summed E-state index contributed by atoms with van der Waals surface area (Å²) in [6.07, 6.45) is 0.699. The summed E-state index contributed by atoms with van der Waals surface area (Å²) >= 11 is 0. The molecule has 0 radical (unpaired) electrons. The third-order valence-electron chi connectivity index (χ3n) is 4.92. The van der Waals surface area contributed by atoms with Gasteiger partial charge in [0, 0.05) is 12.8 Å². The van der Waals surface area contributed by atoms with Crippen LogP contribution in [-0.2, 0) is 15.8 Å². The Labute approximate surface area is 194 Å². The van der Waals surface area contributed by atoms with E-state index in [0.29, 0.717) is 30.0 Å². The van der Waals surface area contributed by atoms with Gasteiger partial charge in [0.2, 0.25) is 0 Å². The Morgan fingerprint density at radius 2 is 1.39 bits per heavy atom. The van der Waals surface area contributed by atoms with Crippen molar-refractivity contribution in [1.82, 2.24) is 0 Å². The molecule has 1 unspecified atom stereocenters. The van der Waals surface area contributed by atoms with Crippen LogP contribution in [-0.4, -0.2) is 17.4 Å². The molecule has 0 saturated heterocycles. The molecule has 7 nitrogen and oxygen atoms in total. The minimum Gasteiger partial charge on any atom is -0.416 e. The molecule has 172 valence electrons. The number of carbonyl (C=O) groups excluding carboxylic acids is 1. The van der Waals surface area contributed by atoms with Gasteiger partial charge in [-0.3, -0.25) is 4.79 Å². The van der Waals surface area contributed by atoms with Crippen LogP contribution >= 0.6 is 7.60 Å². The van der Waals surface area contributed by atoms with E-state index in [0.717, 1.165) is 5.56 Å². The van der Waals surface area contributed by atoms with E-state index >= 15 is 0 Å². The molecule has 4 N–H and O–H groups in total. The maximum Gasteiger partial charge on any atom is 0.434 e. The summed E-state index contributed by atoms with van der Waals surface area (Å²) in [5, 5.41) is 0. The molecule has 0 aliphatic carbocycles. The highest BCUT2D eigenvalue weighted by atomic mass is 31.2. The van der Waals surface area contributed by atoms with E-state index in [1.807, 2.05) is 24.3 Å². The van der Waals surface area contributed by atoms with Crippen LogP contribution in [0.4, 0.5) is 5.69 Å². The summed E-state index contributed by atoms with van der Waals surface area (Å²) in [5.41, 5.74) is 11.6. The molecule has 0 aliphatic rings. The fraction of sp³-hybridized carbons (Fsp3) is 0.200. The van der Waals surface area contributed by atoms with Crippen molar-refractivity contribution in [2.24, 2.45) is 16.5 Å². The van der Waals surface area contributed by atoms with E-state index in [9.17, 15) is 9.36 Å². The minimum atomic E-state index is -3.83. The quantitative estimate of drug-likeness (QED) is 0.228. The molecule has 8 heteroatoms. The van der Waals surface area contributed by atoms with Crippen LogP contribution in [0.1, 0.15) is 25.3 Å². The maximum atomic E-state index is 14.3. The third-order valence-corrected chi connectivity index (χ3v) is 7.11. The maximum absolute atomic E-state index is 14.3. The first-order valence-electron chi connectivity index (χ1n) is 10.7. The average Bonchev–Trinajstić information content (AvgIpc) is 2.80. The number of benzene rings is 3. The van der Waals surface area contributed by atoms with Gasteiger partial charge in [-0.25, -0.2) is 9.56 Å². The first kappa shape index (κ1) is 24.1.